The van der Waals surface area contributed by atoms with E-state index in [-0.39, 0.29) is 28.6 Å². The maximum absolute atomic E-state index is 12.4. The number of aromatic carboxylic acids is 1. The molecule has 2 heterocycles. The van der Waals surface area contributed by atoms with Gasteiger partial charge in [-0.2, -0.15) is 0 Å². The highest BCUT2D eigenvalue weighted by Crippen LogP contribution is 2.50. The number of carboxylic acid groups (broad SMARTS) is 1. The molecule has 1 amide bonds. The average Bonchev–Trinajstić information content (AvgIpc) is 2.94. The van der Waals surface area contributed by atoms with Crippen molar-refractivity contribution in [3.05, 3.63) is 28.8 Å². The molecule has 2 unspecified atom stereocenters. The van der Waals surface area contributed by atoms with Gasteiger partial charge >= 0.3 is 12.1 Å². The topological polar surface area (TPSA) is 93.1 Å². The maximum atomic E-state index is 12.4. The average molecular weight is 375 g/mol. The summed E-state index contributed by atoms with van der Waals surface area (Å²) in [5.41, 5.74) is -0.0167. The van der Waals surface area contributed by atoms with Gasteiger partial charge in [-0.1, -0.05) is 13.0 Å². The van der Waals surface area contributed by atoms with Gasteiger partial charge in [-0.15, -0.1) is 0 Å². The van der Waals surface area contributed by atoms with Gasteiger partial charge in [0.25, 0.3) is 0 Å². The number of likely N-dealkylation sites (tertiary alicyclic amines) is 1. The Balaban J connectivity index is 1.88. The van der Waals surface area contributed by atoms with Crippen molar-refractivity contribution in [2.75, 3.05) is 19.7 Å². The lowest BCUT2D eigenvalue weighted by atomic mass is 9.67. The molecule has 7 nitrogen and oxygen atoms in total. The van der Waals surface area contributed by atoms with Crippen molar-refractivity contribution in [1.29, 1.82) is 0 Å². The Labute approximate surface area is 158 Å². The molecule has 0 aromatic heterocycles. The van der Waals surface area contributed by atoms with Crippen molar-refractivity contribution in [1.82, 2.24) is 4.90 Å². The summed E-state index contributed by atoms with van der Waals surface area (Å²) in [6, 6.07) is 3.21. The van der Waals surface area contributed by atoms with Crippen molar-refractivity contribution in [2.24, 2.45) is 5.92 Å². The SMILES string of the molecule is CC1CN(C(=O)OC(C)(C)C)CCC12COc1c2ccc(C(=O)O)c1C=O. The normalized spacial score (nSPS) is 24.3. The third-order valence-electron chi connectivity index (χ3n) is 5.47. The van der Waals surface area contributed by atoms with Gasteiger partial charge in [0.15, 0.2) is 6.29 Å². The third-order valence-corrected chi connectivity index (χ3v) is 5.47. The lowest BCUT2D eigenvalue weighted by molar-refractivity contribution is 0.00544. The summed E-state index contributed by atoms with van der Waals surface area (Å²) in [6.07, 6.45) is 0.866. The number of piperidine rings is 1. The Bertz CT molecular complexity index is 796. The van der Waals surface area contributed by atoms with Crippen LogP contribution in [0.1, 0.15) is 60.4 Å². The summed E-state index contributed by atoms with van der Waals surface area (Å²) in [5, 5.41) is 9.30. The molecular formula is C20H25NO6. The number of ether oxygens (including phenoxy) is 2. The van der Waals surface area contributed by atoms with Gasteiger partial charge in [0, 0.05) is 24.1 Å². The molecule has 1 aromatic carbocycles. The molecule has 7 heteroatoms. The highest BCUT2D eigenvalue weighted by molar-refractivity contribution is 5.99. The van der Waals surface area contributed by atoms with Gasteiger partial charge in [0.1, 0.15) is 11.4 Å². The number of benzene rings is 1. The zero-order chi connectivity index (χ0) is 20.0. The first-order valence-corrected chi connectivity index (χ1v) is 9.06. The molecule has 0 radical (unpaired) electrons. The summed E-state index contributed by atoms with van der Waals surface area (Å²) in [4.78, 5) is 37.0. The van der Waals surface area contributed by atoms with Crippen LogP contribution in [0.3, 0.4) is 0 Å². The number of hydrogen-bond acceptors (Lipinski definition) is 5. The van der Waals surface area contributed by atoms with Gasteiger partial charge in [-0.05, 0) is 39.2 Å². The number of carbonyl (C=O) groups excluding carboxylic acids is 2. The van der Waals surface area contributed by atoms with Crippen LogP contribution in [0.5, 0.6) is 5.75 Å². The van der Waals surface area contributed by atoms with Gasteiger partial charge in [-0.25, -0.2) is 9.59 Å². The molecule has 146 valence electrons. The fourth-order valence-corrected chi connectivity index (χ4v) is 4.01. The summed E-state index contributed by atoms with van der Waals surface area (Å²) in [7, 11) is 0. The molecule has 2 aliphatic rings. The van der Waals surface area contributed by atoms with Crippen LogP contribution >= 0.6 is 0 Å². The standard InChI is InChI=1S/C20H25NO6/c1-12-9-21(18(25)27-19(2,3)4)8-7-20(12)11-26-16-14(10-22)13(17(23)24)5-6-15(16)20/h5-6,10,12H,7-9,11H2,1-4H3,(H,23,24). The monoisotopic (exact) mass is 375 g/mol. The largest absolute Gasteiger partial charge is 0.492 e. The Hall–Kier alpha value is -2.57. The van der Waals surface area contributed by atoms with Crippen molar-refractivity contribution in [3.63, 3.8) is 0 Å². The number of rotatable bonds is 2. The second-order valence-electron chi connectivity index (χ2n) is 8.35. The van der Waals surface area contributed by atoms with Crippen LogP contribution in [0.2, 0.25) is 0 Å². The van der Waals surface area contributed by atoms with E-state index in [0.717, 1.165) is 5.56 Å². The highest BCUT2D eigenvalue weighted by atomic mass is 16.6. The minimum Gasteiger partial charge on any atom is -0.492 e. The first-order valence-electron chi connectivity index (χ1n) is 9.06. The van der Waals surface area contributed by atoms with E-state index in [2.05, 4.69) is 0 Å². The van der Waals surface area contributed by atoms with Crippen LogP contribution in [0, 0.1) is 5.92 Å². The van der Waals surface area contributed by atoms with E-state index in [1.54, 1.807) is 11.0 Å². The van der Waals surface area contributed by atoms with E-state index in [9.17, 15) is 19.5 Å². The van der Waals surface area contributed by atoms with Crippen LogP contribution in [-0.4, -0.2) is 53.7 Å². The molecule has 27 heavy (non-hydrogen) atoms. The molecular weight excluding hydrogens is 350 g/mol. The Morgan fingerprint density at radius 1 is 1.37 bits per heavy atom. The summed E-state index contributed by atoms with van der Waals surface area (Å²) in [6.45, 7) is 8.94. The lowest BCUT2D eigenvalue weighted by Crippen LogP contribution is -2.52. The zero-order valence-electron chi connectivity index (χ0n) is 16.1. The highest BCUT2D eigenvalue weighted by Gasteiger charge is 2.50. The smallest absolute Gasteiger partial charge is 0.410 e. The van der Waals surface area contributed by atoms with E-state index in [4.69, 9.17) is 9.47 Å². The predicted molar refractivity (Wildman–Crippen MR) is 97.5 cm³/mol. The number of fused-ring (bicyclic) bond motifs is 2. The molecule has 1 saturated heterocycles. The first-order chi connectivity index (χ1) is 12.6. The van der Waals surface area contributed by atoms with Crippen LogP contribution in [0.25, 0.3) is 0 Å². The molecule has 1 N–H and O–H groups in total. The second-order valence-corrected chi connectivity index (χ2v) is 8.35. The Kier molecular flexibility index (Phi) is 4.66. The van der Waals surface area contributed by atoms with E-state index in [1.807, 2.05) is 27.7 Å². The number of aldehydes is 1. The molecule has 1 aromatic rings. The molecule has 1 spiro atoms. The predicted octanol–water partition coefficient (Wildman–Crippen LogP) is 3.10. The molecule has 0 aliphatic carbocycles. The van der Waals surface area contributed by atoms with Crippen molar-refractivity contribution >= 4 is 18.3 Å². The molecule has 2 atom stereocenters. The fraction of sp³-hybridized carbons (Fsp3) is 0.550. The van der Waals surface area contributed by atoms with Gasteiger partial charge in [0.2, 0.25) is 0 Å². The number of hydrogen-bond donors (Lipinski definition) is 1. The zero-order valence-corrected chi connectivity index (χ0v) is 16.1. The summed E-state index contributed by atoms with van der Waals surface area (Å²) in [5.74, 6) is -0.727. The van der Waals surface area contributed by atoms with E-state index in [0.29, 0.717) is 38.2 Å². The fourth-order valence-electron chi connectivity index (χ4n) is 4.01. The minimum absolute atomic E-state index is 0.0559. The van der Waals surface area contributed by atoms with Gasteiger partial charge in [0.05, 0.1) is 17.7 Å². The van der Waals surface area contributed by atoms with E-state index in [1.165, 1.54) is 6.07 Å². The van der Waals surface area contributed by atoms with Crippen molar-refractivity contribution in [2.45, 2.75) is 45.1 Å². The van der Waals surface area contributed by atoms with E-state index >= 15 is 0 Å². The van der Waals surface area contributed by atoms with Crippen LogP contribution in [-0.2, 0) is 10.2 Å². The molecule has 1 fully saturated rings. The third kappa shape index (κ3) is 3.26. The number of carboxylic acids is 1. The summed E-state index contributed by atoms with van der Waals surface area (Å²) >= 11 is 0. The quantitative estimate of drug-likeness (QED) is 0.799. The van der Waals surface area contributed by atoms with Gasteiger partial charge in [-0.3, -0.25) is 4.79 Å². The van der Waals surface area contributed by atoms with Gasteiger partial charge < -0.3 is 19.5 Å². The second kappa shape index (κ2) is 6.55. The molecule has 2 aliphatic heterocycles. The maximum Gasteiger partial charge on any atom is 0.410 e. The number of carbonyl (C=O) groups is 3. The lowest BCUT2D eigenvalue weighted by Gasteiger charge is -2.43. The number of nitrogens with zero attached hydrogens (tertiary/aromatic N) is 1. The first kappa shape index (κ1) is 19.2. The van der Waals surface area contributed by atoms with E-state index < -0.39 is 11.6 Å². The van der Waals surface area contributed by atoms with Crippen LogP contribution in [0.15, 0.2) is 12.1 Å². The summed E-state index contributed by atoms with van der Waals surface area (Å²) < 4.78 is 11.3. The molecule has 0 saturated carbocycles. The van der Waals surface area contributed by atoms with Crippen LogP contribution < -0.4 is 4.74 Å². The van der Waals surface area contributed by atoms with Crippen molar-refractivity contribution < 1.29 is 29.0 Å². The minimum atomic E-state index is -1.16. The molecule has 0 bridgehead atoms. The molecule has 3 rings (SSSR count). The van der Waals surface area contributed by atoms with Crippen LogP contribution in [0.4, 0.5) is 4.79 Å². The Morgan fingerprint density at radius 3 is 2.63 bits per heavy atom. The Morgan fingerprint density at radius 2 is 2.07 bits per heavy atom. The van der Waals surface area contributed by atoms with Crippen molar-refractivity contribution in [3.8, 4) is 5.75 Å². The number of amides is 1.